The topological polar surface area (TPSA) is 62.9 Å². The number of methoxy groups -OCH3 is 1. The quantitative estimate of drug-likeness (QED) is 0.699. The first-order valence-corrected chi connectivity index (χ1v) is 10.1. The maximum absolute atomic E-state index is 13.2. The second-order valence-corrected chi connectivity index (χ2v) is 8.29. The summed E-state index contributed by atoms with van der Waals surface area (Å²) in [6, 6.07) is 10.6. The Bertz CT molecular complexity index is 1060. The van der Waals surface area contributed by atoms with Crippen molar-refractivity contribution in [2.24, 2.45) is 11.8 Å². The zero-order valence-corrected chi connectivity index (χ0v) is 17.1. The number of hydrogen-bond donors (Lipinski definition) is 1. The second-order valence-electron chi connectivity index (χ2n) is 8.29. The number of fused-ring (bicyclic) bond motifs is 1. The summed E-state index contributed by atoms with van der Waals surface area (Å²) in [5.41, 5.74) is 2.32. The molecule has 152 valence electrons. The van der Waals surface area contributed by atoms with E-state index in [0.29, 0.717) is 40.5 Å². The van der Waals surface area contributed by atoms with E-state index in [9.17, 15) is 9.90 Å². The van der Waals surface area contributed by atoms with Crippen molar-refractivity contribution >= 4 is 11.0 Å². The van der Waals surface area contributed by atoms with E-state index in [1.54, 1.807) is 19.2 Å². The van der Waals surface area contributed by atoms with Crippen molar-refractivity contribution in [2.75, 3.05) is 20.2 Å². The molecule has 0 aliphatic carbocycles. The Hall–Kier alpha value is -2.79. The smallest absolute Gasteiger partial charge is 0.200 e. The van der Waals surface area contributed by atoms with E-state index in [0.717, 1.165) is 24.4 Å². The minimum Gasteiger partial charge on any atom is -0.507 e. The monoisotopic (exact) mass is 393 g/mol. The van der Waals surface area contributed by atoms with Crippen LogP contribution in [0.1, 0.15) is 25.8 Å². The maximum Gasteiger partial charge on any atom is 0.200 e. The fraction of sp³-hybridized carbons (Fsp3) is 0.375. The van der Waals surface area contributed by atoms with Crippen LogP contribution >= 0.6 is 0 Å². The number of rotatable bonds is 4. The Morgan fingerprint density at radius 3 is 2.45 bits per heavy atom. The van der Waals surface area contributed by atoms with Gasteiger partial charge in [0.15, 0.2) is 0 Å². The Morgan fingerprint density at radius 1 is 1.10 bits per heavy atom. The van der Waals surface area contributed by atoms with Gasteiger partial charge in [0.25, 0.3) is 0 Å². The van der Waals surface area contributed by atoms with Gasteiger partial charge in [-0.3, -0.25) is 9.69 Å². The molecule has 2 aromatic carbocycles. The number of phenolic OH excluding ortho intramolecular Hbond substituents is 1. The maximum atomic E-state index is 13.2. The summed E-state index contributed by atoms with van der Waals surface area (Å²) in [5.74, 6) is 2.13. The van der Waals surface area contributed by atoms with Crippen molar-refractivity contribution in [3.8, 4) is 22.6 Å². The van der Waals surface area contributed by atoms with Crippen LogP contribution in [0.5, 0.6) is 11.5 Å². The Balaban J connectivity index is 1.74. The van der Waals surface area contributed by atoms with Gasteiger partial charge in [0.1, 0.15) is 23.3 Å². The molecule has 1 aliphatic rings. The van der Waals surface area contributed by atoms with Crippen molar-refractivity contribution in [2.45, 2.75) is 26.8 Å². The summed E-state index contributed by atoms with van der Waals surface area (Å²) in [7, 11) is 1.61. The van der Waals surface area contributed by atoms with Crippen LogP contribution in [0.15, 0.2) is 51.9 Å². The number of ether oxygens (including phenoxy) is 1. The molecule has 0 saturated carbocycles. The van der Waals surface area contributed by atoms with Gasteiger partial charge in [-0.2, -0.15) is 0 Å². The van der Waals surface area contributed by atoms with Crippen molar-refractivity contribution in [1.82, 2.24) is 4.90 Å². The lowest BCUT2D eigenvalue weighted by Gasteiger charge is -2.35. The summed E-state index contributed by atoms with van der Waals surface area (Å²) in [4.78, 5) is 15.5. The molecule has 2 heterocycles. The highest BCUT2D eigenvalue weighted by molar-refractivity contribution is 5.85. The molecule has 3 aromatic rings. The third-order valence-electron chi connectivity index (χ3n) is 5.75. The largest absolute Gasteiger partial charge is 0.507 e. The van der Waals surface area contributed by atoms with E-state index in [4.69, 9.17) is 9.15 Å². The third-order valence-corrected chi connectivity index (χ3v) is 5.75. The van der Waals surface area contributed by atoms with Gasteiger partial charge in [0.2, 0.25) is 5.43 Å². The normalized spacial score (nSPS) is 20.1. The molecule has 0 radical (unpaired) electrons. The summed E-state index contributed by atoms with van der Waals surface area (Å²) >= 11 is 0. The average molecular weight is 393 g/mol. The predicted molar refractivity (Wildman–Crippen MR) is 114 cm³/mol. The molecule has 1 N–H and O–H groups in total. The highest BCUT2D eigenvalue weighted by atomic mass is 16.5. The molecule has 1 fully saturated rings. The predicted octanol–water partition coefficient (Wildman–Crippen LogP) is 4.65. The lowest BCUT2D eigenvalue weighted by atomic mass is 9.91. The van der Waals surface area contributed by atoms with Crippen LogP contribution in [0.3, 0.4) is 0 Å². The van der Waals surface area contributed by atoms with E-state index in [1.807, 2.05) is 24.3 Å². The van der Waals surface area contributed by atoms with Gasteiger partial charge >= 0.3 is 0 Å². The Kier molecular flexibility index (Phi) is 5.33. The van der Waals surface area contributed by atoms with Crippen LogP contribution in [0, 0.1) is 11.8 Å². The first-order valence-electron chi connectivity index (χ1n) is 10.1. The van der Waals surface area contributed by atoms with Gasteiger partial charge in [-0.05, 0) is 48.1 Å². The molecule has 2 unspecified atom stereocenters. The van der Waals surface area contributed by atoms with Crippen LogP contribution in [0.25, 0.3) is 22.1 Å². The molecule has 1 aliphatic heterocycles. The summed E-state index contributed by atoms with van der Waals surface area (Å²) in [6.07, 6.45) is 2.72. The molecular formula is C24H27NO4. The lowest BCUT2D eigenvalue weighted by Crippen LogP contribution is -2.38. The van der Waals surface area contributed by atoms with Gasteiger partial charge in [0, 0.05) is 19.6 Å². The van der Waals surface area contributed by atoms with Crippen molar-refractivity contribution in [3.05, 3.63) is 58.4 Å². The van der Waals surface area contributed by atoms with Crippen LogP contribution in [0.2, 0.25) is 0 Å². The van der Waals surface area contributed by atoms with Gasteiger partial charge in [0.05, 0.1) is 23.6 Å². The standard InChI is InChI=1S/C24H27NO4/c1-15-10-16(2)12-25(11-15)13-20-22(26)9-8-19-23(27)21(14-29-24(19)20)17-4-6-18(28-3)7-5-17/h4-9,14-16,26H,10-13H2,1-3H3. The lowest BCUT2D eigenvalue weighted by molar-refractivity contribution is 0.133. The van der Waals surface area contributed by atoms with Crippen molar-refractivity contribution in [1.29, 1.82) is 0 Å². The van der Waals surface area contributed by atoms with Gasteiger partial charge in [-0.15, -0.1) is 0 Å². The highest BCUT2D eigenvalue weighted by Crippen LogP contribution is 2.31. The molecule has 5 heteroatoms. The zero-order chi connectivity index (χ0) is 20.5. The second kappa shape index (κ2) is 7.91. The molecule has 4 rings (SSSR count). The summed E-state index contributed by atoms with van der Waals surface area (Å²) < 4.78 is 11.1. The van der Waals surface area contributed by atoms with E-state index in [-0.39, 0.29) is 11.2 Å². The fourth-order valence-electron chi connectivity index (χ4n) is 4.51. The highest BCUT2D eigenvalue weighted by Gasteiger charge is 2.24. The number of nitrogens with zero attached hydrogens (tertiary/aromatic N) is 1. The van der Waals surface area contributed by atoms with Gasteiger partial charge in [-0.1, -0.05) is 26.0 Å². The molecule has 29 heavy (non-hydrogen) atoms. The molecule has 5 nitrogen and oxygen atoms in total. The van der Waals surface area contributed by atoms with Crippen LogP contribution in [-0.2, 0) is 6.54 Å². The molecule has 1 saturated heterocycles. The number of benzene rings is 2. The molecule has 0 spiro atoms. The number of piperidine rings is 1. The average Bonchev–Trinajstić information content (AvgIpc) is 2.70. The first kappa shape index (κ1) is 19.5. The van der Waals surface area contributed by atoms with Crippen molar-refractivity contribution in [3.63, 3.8) is 0 Å². The van der Waals surface area contributed by atoms with Gasteiger partial charge in [-0.25, -0.2) is 0 Å². The van der Waals surface area contributed by atoms with Gasteiger partial charge < -0.3 is 14.3 Å². The zero-order valence-electron chi connectivity index (χ0n) is 17.1. The van der Waals surface area contributed by atoms with Crippen LogP contribution < -0.4 is 10.2 Å². The van der Waals surface area contributed by atoms with Crippen molar-refractivity contribution < 1.29 is 14.3 Å². The SMILES string of the molecule is COc1ccc(-c2coc3c(CN4CC(C)CC(C)C4)c(O)ccc3c2=O)cc1. The fourth-order valence-corrected chi connectivity index (χ4v) is 4.51. The first-order chi connectivity index (χ1) is 14.0. The molecule has 1 aromatic heterocycles. The number of phenols is 1. The van der Waals surface area contributed by atoms with Crippen LogP contribution in [0.4, 0.5) is 0 Å². The molecular weight excluding hydrogens is 366 g/mol. The van der Waals surface area contributed by atoms with Crippen LogP contribution in [-0.4, -0.2) is 30.2 Å². The summed E-state index contributed by atoms with van der Waals surface area (Å²) in [6.45, 7) is 7.05. The van der Waals surface area contributed by atoms with E-state index in [1.165, 1.54) is 12.7 Å². The molecule has 0 bridgehead atoms. The number of likely N-dealkylation sites (tertiary alicyclic amines) is 1. The molecule has 2 atom stereocenters. The number of hydrogen-bond acceptors (Lipinski definition) is 5. The third kappa shape index (κ3) is 3.87. The van der Waals surface area contributed by atoms with E-state index >= 15 is 0 Å². The van der Waals surface area contributed by atoms with E-state index < -0.39 is 0 Å². The molecule has 0 amide bonds. The minimum atomic E-state index is -0.0990. The number of aromatic hydroxyl groups is 1. The van der Waals surface area contributed by atoms with E-state index in [2.05, 4.69) is 18.7 Å². The minimum absolute atomic E-state index is 0.0990. The Labute approximate surface area is 170 Å². The summed E-state index contributed by atoms with van der Waals surface area (Å²) in [5, 5.41) is 11.0. The Morgan fingerprint density at radius 2 is 1.79 bits per heavy atom.